The van der Waals surface area contributed by atoms with Crippen LogP contribution in [0.2, 0.25) is 0 Å². The van der Waals surface area contributed by atoms with E-state index in [1.807, 2.05) is 31.4 Å². The van der Waals surface area contributed by atoms with E-state index in [9.17, 15) is 4.79 Å². The number of pyridine rings is 1. The van der Waals surface area contributed by atoms with E-state index in [1.165, 1.54) is 22.8 Å². The Hall–Kier alpha value is -3.48. The lowest BCUT2D eigenvalue weighted by atomic mass is 10.1. The molecule has 5 aromatic rings. The molecule has 0 saturated carbocycles. The molecule has 7 nitrogen and oxygen atoms in total. The number of nitrogens with zero attached hydrogens (tertiary/aromatic N) is 6. The number of rotatable bonds is 3. The van der Waals surface area contributed by atoms with E-state index in [-0.39, 0.29) is 5.56 Å². The third-order valence-corrected chi connectivity index (χ3v) is 4.85. The van der Waals surface area contributed by atoms with Crippen molar-refractivity contribution in [1.82, 2.24) is 28.7 Å². The summed E-state index contributed by atoms with van der Waals surface area (Å²) in [7, 11) is 2.04. The second-order valence-corrected chi connectivity index (χ2v) is 6.38. The van der Waals surface area contributed by atoms with Crippen LogP contribution in [0, 0.1) is 0 Å². The maximum Gasteiger partial charge on any atom is 0.261 e. The number of aryl methyl sites for hydroxylation is 3. The molecule has 128 valence electrons. The van der Waals surface area contributed by atoms with Gasteiger partial charge in [-0.25, -0.2) is 4.98 Å². The van der Waals surface area contributed by atoms with Gasteiger partial charge in [-0.3, -0.25) is 4.79 Å². The Morgan fingerprint density at radius 3 is 2.85 bits per heavy atom. The second-order valence-electron chi connectivity index (χ2n) is 6.38. The Kier molecular flexibility index (Phi) is 3.15. The minimum absolute atomic E-state index is 0.0624. The van der Waals surface area contributed by atoms with E-state index in [2.05, 4.69) is 38.0 Å². The van der Waals surface area contributed by atoms with Crippen LogP contribution >= 0.6 is 0 Å². The molecule has 0 aliphatic carbocycles. The predicted octanol–water partition coefficient (Wildman–Crippen LogP) is 2.17. The van der Waals surface area contributed by atoms with E-state index in [0.29, 0.717) is 17.7 Å². The normalized spacial score (nSPS) is 11.7. The van der Waals surface area contributed by atoms with Crippen molar-refractivity contribution in [3.63, 3.8) is 0 Å². The van der Waals surface area contributed by atoms with Crippen LogP contribution in [0.15, 0.2) is 60.0 Å². The molecule has 0 N–H and O–H groups in total. The average Bonchev–Trinajstić information content (AvgIpc) is 3.26. The molecule has 7 heteroatoms. The van der Waals surface area contributed by atoms with Gasteiger partial charge in [0.2, 0.25) is 0 Å². The molecule has 4 heterocycles. The van der Waals surface area contributed by atoms with Gasteiger partial charge < -0.3 is 9.13 Å². The summed E-state index contributed by atoms with van der Waals surface area (Å²) in [4.78, 5) is 21.1. The minimum Gasteiger partial charge on any atom is -0.350 e. The summed E-state index contributed by atoms with van der Waals surface area (Å²) in [6.45, 7) is 0.609. The number of hydrogen-bond acceptors (Lipinski definition) is 4. The molecule has 0 unspecified atom stereocenters. The molecule has 0 aliphatic heterocycles. The van der Waals surface area contributed by atoms with E-state index in [1.54, 1.807) is 15.3 Å². The van der Waals surface area contributed by atoms with Crippen molar-refractivity contribution in [3.8, 4) is 0 Å². The summed E-state index contributed by atoms with van der Waals surface area (Å²) in [5.74, 6) is 0.491. The van der Waals surface area contributed by atoms with Gasteiger partial charge in [0.15, 0.2) is 0 Å². The highest BCUT2D eigenvalue weighted by molar-refractivity contribution is 5.84. The summed E-state index contributed by atoms with van der Waals surface area (Å²) in [5, 5.41) is 5.92. The van der Waals surface area contributed by atoms with Gasteiger partial charge in [-0.15, -0.1) is 0 Å². The van der Waals surface area contributed by atoms with Crippen LogP contribution < -0.4 is 5.56 Å². The van der Waals surface area contributed by atoms with Crippen molar-refractivity contribution in [2.75, 3.05) is 0 Å². The van der Waals surface area contributed by atoms with Gasteiger partial charge in [-0.05, 0) is 24.1 Å². The standard InChI is InChI=1S/C19H16N6O/c1-23-11-13(14-4-2-3-5-16(14)23)6-8-24-9-7-17-15(18(24)26)10-20-19-21-12-22-25(17)19/h2-5,7,9-12H,6,8H2,1H3. The first-order valence-electron chi connectivity index (χ1n) is 8.43. The number of fused-ring (bicyclic) bond motifs is 4. The quantitative estimate of drug-likeness (QED) is 0.503. The predicted molar refractivity (Wildman–Crippen MR) is 99.2 cm³/mol. The van der Waals surface area contributed by atoms with Crippen molar-refractivity contribution in [2.45, 2.75) is 13.0 Å². The van der Waals surface area contributed by atoms with E-state index >= 15 is 0 Å². The van der Waals surface area contributed by atoms with Gasteiger partial charge >= 0.3 is 0 Å². The highest BCUT2D eigenvalue weighted by Crippen LogP contribution is 2.21. The van der Waals surface area contributed by atoms with Crippen molar-refractivity contribution >= 4 is 27.6 Å². The first kappa shape index (κ1) is 14.8. The minimum atomic E-state index is -0.0624. The maximum atomic E-state index is 12.8. The third-order valence-electron chi connectivity index (χ3n) is 4.85. The van der Waals surface area contributed by atoms with Gasteiger partial charge in [0, 0.05) is 43.1 Å². The van der Waals surface area contributed by atoms with Crippen molar-refractivity contribution in [3.05, 3.63) is 71.2 Å². The topological polar surface area (TPSA) is 70.0 Å². The molecule has 26 heavy (non-hydrogen) atoms. The molecule has 0 atom stereocenters. The van der Waals surface area contributed by atoms with Crippen LogP contribution in [0.3, 0.4) is 0 Å². The molecule has 0 amide bonds. The van der Waals surface area contributed by atoms with Crippen molar-refractivity contribution in [2.24, 2.45) is 7.05 Å². The first-order chi connectivity index (χ1) is 12.7. The van der Waals surface area contributed by atoms with Crippen LogP contribution in [0.1, 0.15) is 5.56 Å². The summed E-state index contributed by atoms with van der Waals surface area (Å²) >= 11 is 0. The van der Waals surface area contributed by atoms with Gasteiger partial charge in [-0.1, -0.05) is 18.2 Å². The number of para-hydroxylation sites is 1. The fourth-order valence-electron chi connectivity index (χ4n) is 3.55. The average molecular weight is 344 g/mol. The fourth-order valence-corrected chi connectivity index (χ4v) is 3.55. The van der Waals surface area contributed by atoms with Crippen LogP contribution in [0.5, 0.6) is 0 Å². The third kappa shape index (κ3) is 2.13. The Labute approximate surface area is 148 Å². The van der Waals surface area contributed by atoms with Gasteiger partial charge in [0.05, 0.1) is 10.9 Å². The highest BCUT2D eigenvalue weighted by atomic mass is 16.1. The zero-order chi connectivity index (χ0) is 17.7. The van der Waals surface area contributed by atoms with Gasteiger partial charge in [0.25, 0.3) is 11.3 Å². The summed E-state index contributed by atoms with van der Waals surface area (Å²) in [6, 6.07) is 10.2. The molecule has 0 saturated heterocycles. The van der Waals surface area contributed by atoms with Crippen LogP contribution in [-0.4, -0.2) is 28.7 Å². The molecule has 5 rings (SSSR count). The lowest BCUT2D eigenvalue weighted by Crippen LogP contribution is -2.21. The number of aromatic nitrogens is 6. The van der Waals surface area contributed by atoms with Crippen LogP contribution in [0.4, 0.5) is 0 Å². The van der Waals surface area contributed by atoms with Crippen LogP contribution in [0.25, 0.3) is 27.6 Å². The SMILES string of the molecule is Cn1cc(CCn2ccc3c(cnc4ncnn43)c2=O)c2ccccc21. The smallest absolute Gasteiger partial charge is 0.261 e. The summed E-state index contributed by atoms with van der Waals surface area (Å²) in [6.07, 6.45) is 7.75. The number of benzene rings is 1. The van der Waals surface area contributed by atoms with E-state index in [0.717, 1.165) is 11.9 Å². The Morgan fingerprint density at radius 1 is 1.04 bits per heavy atom. The molecule has 0 spiro atoms. The zero-order valence-corrected chi connectivity index (χ0v) is 14.2. The lowest BCUT2D eigenvalue weighted by molar-refractivity contribution is 0.675. The number of hydrogen-bond donors (Lipinski definition) is 0. The Bertz CT molecular complexity index is 1330. The molecule has 4 aromatic heterocycles. The molecule has 0 fully saturated rings. The zero-order valence-electron chi connectivity index (χ0n) is 14.2. The Balaban J connectivity index is 1.54. The summed E-state index contributed by atoms with van der Waals surface area (Å²) in [5.41, 5.74) is 3.10. The maximum absolute atomic E-state index is 12.8. The van der Waals surface area contributed by atoms with Crippen LogP contribution in [-0.2, 0) is 20.0 Å². The Morgan fingerprint density at radius 2 is 1.92 bits per heavy atom. The summed E-state index contributed by atoms with van der Waals surface area (Å²) < 4.78 is 5.44. The fraction of sp³-hybridized carbons (Fsp3) is 0.158. The van der Waals surface area contributed by atoms with Gasteiger partial charge in [-0.2, -0.15) is 14.6 Å². The second kappa shape index (κ2) is 5.52. The monoisotopic (exact) mass is 344 g/mol. The van der Waals surface area contributed by atoms with E-state index < -0.39 is 0 Å². The van der Waals surface area contributed by atoms with Gasteiger partial charge in [0.1, 0.15) is 6.33 Å². The molecular formula is C19H16N6O. The van der Waals surface area contributed by atoms with E-state index in [4.69, 9.17) is 0 Å². The molecule has 1 aromatic carbocycles. The molecular weight excluding hydrogens is 328 g/mol. The largest absolute Gasteiger partial charge is 0.350 e. The molecule has 0 aliphatic rings. The van der Waals surface area contributed by atoms with Crippen molar-refractivity contribution in [1.29, 1.82) is 0 Å². The lowest BCUT2D eigenvalue weighted by Gasteiger charge is -2.07. The molecule has 0 radical (unpaired) electrons. The van der Waals surface area contributed by atoms with Crippen molar-refractivity contribution < 1.29 is 0 Å². The molecule has 0 bridgehead atoms. The first-order valence-corrected chi connectivity index (χ1v) is 8.43. The highest BCUT2D eigenvalue weighted by Gasteiger charge is 2.10.